The SMILES string of the molecule is Cc1ccccc1OCCCCC(C#N)c1ccccc1Cl. The maximum absolute atomic E-state index is 9.33. The Morgan fingerprint density at radius 1 is 1.09 bits per heavy atom. The van der Waals surface area contributed by atoms with Gasteiger partial charge in [0.05, 0.1) is 18.6 Å². The Kier molecular flexibility index (Phi) is 6.30. The quantitative estimate of drug-likeness (QED) is 0.632. The van der Waals surface area contributed by atoms with Crippen molar-refractivity contribution >= 4 is 11.6 Å². The van der Waals surface area contributed by atoms with Crippen LogP contribution in [0.4, 0.5) is 0 Å². The maximum Gasteiger partial charge on any atom is 0.122 e. The van der Waals surface area contributed by atoms with E-state index in [0.29, 0.717) is 11.6 Å². The van der Waals surface area contributed by atoms with E-state index in [1.54, 1.807) is 0 Å². The molecule has 0 aliphatic heterocycles. The largest absolute Gasteiger partial charge is 0.493 e. The molecular formula is C19H20ClNO. The highest BCUT2D eigenvalue weighted by Crippen LogP contribution is 2.28. The fourth-order valence-corrected chi connectivity index (χ4v) is 2.67. The van der Waals surface area contributed by atoms with E-state index >= 15 is 0 Å². The fraction of sp³-hybridized carbons (Fsp3) is 0.316. The van der Waals surface area contributed by atoms with Crippen LogP contribution in [0, 0.1) is 18.3 Å². The van der Waals surface area contributed by atoms with Gasteiger partial charge in [-0.25, -0.2) is 0 Å². The third-order valence-corrected chi connectivity index (χ3v) is 4.02. The fourth-order valence-electron chi connectivity index (χ4n) is 2.40. The van der Waals surface area contributed by atoms with Gasteiger partial charge in [-0.1, -0.05) is 48.0 Å². The van der Waals surface area contributed by atoms with Gasteiger partial charge in [0.15, 0.2) is 0 Å². The number of benzene rings is 2. The summed E-state index contributed by atoms with van der Waals surface area (Å²) in [5, 5.41) is 10.0. The highest BCUT2D eigenvalue weighted by Gasteiger charge is 2.13. The van der Waals surface area contributed by atoms with Crippen LogP contribution < -0.4 is 4.74 Å². The minimum Gasteiger partial charge on any atom is -0.493 e. The van der Waals surface area contributed by atoms with Gasteiger partial charge in [-0.15, -0.1) is 0 Å². The zero-order valence-electron chi connectivity index (χ0n) is 12.8. The van der Waals surface area contributed by atoms with E-state index in [9.17, 15) is 5.26 Å². The second-order valence-electron chi connectivity index (χ2n) is 5.31. The second kappa shape index (κ2) is 8.46. The van der Waals surface area contributed by atoms with E-state index in [2.05, 4.69) is 6.07 Å². The van der Waals surface area contributed by atoms with Gasteiger partial charge < -0.3 is 4.74 Å². The summed E-state index contributed by atoms with van der Waals surface area (Å²) < 4.78 is 5.77. The van der Waals surface area contributed by atoms with E-state index in [-0.39, 0.29) is 5.92 Å². The molecule has 0 N–H and O–H groups in total. The van der Waals surface area contributed by atoms with E-state index in [0.717, 1.165) is 36.1 Å². The van der Waals surface area contributed by atoms with E-state index in [4.69, 9.17) is 16.3 Å². The minimum absolute atomic E-state index is 0.146. The van der Waals surface area contributed by atoms with Gasteiger partial charge in [-0.05, 0) is 49.4 Å². The Balaban J connectivity index is 1.77. The van der Waals surface area contributed by atoms with Gasteiger partial charge in [0.25, 0.3) is 0 Å². The number of nitrogens with zero attached hydrogens (tertiary/aromatic N) is 1. The predicted molar refractivity (Wildman–Crippen MR) is 90.3 cm³/mol. The molecule has 0 saturated heterocycles. The van der Waals surface area contributed by atoms with Gasteiger partial charge in [0.1, 0.15) is 5.75 Å². The number of unbranched alkanes of at least 4 members (excludes halogenated alkanes) is 1. The summed E-state index contributed by atoms with van der Waals surface area (Å²) in [5.74, 6) is 0.789. The maximum atomic E-state index is 9.33. The first-order valence-electron chi connectivity index (χ1n) is 7.55. The number of para-hydroxylation sites is 1. The van der Waals surface area contributed by atoms with Crippen LogP contribution in [0.1, 0.15) is 36.3 Å². The molecule has 0 fully saturated rings. The molecular weight excluding hydrogens is 294 g/mol. The summed E-state index contributed by atoms with van der Waals surface area (Å²) in [5.41, 5.74) is 2.07. The summed E-state index contributed by atoms with van der Waals surface area (Å²) >= 11 is 6.16. The number of hydrogen-bond acceptors (Lipinski definition) is 2. The minimum atomic E-state index is -0.146. The Labute approximate surface area is 137 Å². The van der Waals surface area contributed by atoms with Gasteiger partial charge in [-0.3, -0.25) is 0 Å². The molecule has 1 unspecified atom stereocenters. The first-order valence-corrected chi connectivity index (χ1v) is 7.92. The smallest absolute Gasteiger partial charge is 0.122 e. The van der Waals surface area contributed by atoms with Crippen LogP contribution in [-0.2, 0) is 0 Å². The summed E-state index contributed by atoms with van der Waals surface area (Å²) in [7, 11) is 0. The molecule has 114 valence electrons. The van der Waals surface area contributed by atoms with Crippen molar-refractivity contribution in [1.29, 1.82) is 5.26 Å². The third kappa shape index (κ3) is 4.51. The number of ether oxygens (including phenoxy) is 1. The zero-order chi connectivity index (χ0) is 15.8. The summed E-state index contributed by atoms with van der Waals surface area (Å²) in [4.78, 5) is 0. The van der Waals surface area contributed by atoms with Crippen molar-refractivity contribution in [2.24, 2.45) is 0 Å². The van der Waals surface area contributed by atoms with Crippen molar-refractivity contribution in [1.82, 2.24) is 0 Å². The van der Waals surface area contributed by atoms with E-state index in [1.807, 2.05) is 55.5 Å². The topological polar surface area (TPSA) is 33.0 Å². The Hall–Kier alpha value is -1.98. The van der Waals surface area contributed by atoms with E-state index < -0.39 is 0 Å². The third-order valence-electron chi connectivity index (χ3n) is 3.67. The predicted octanol–water partition coefficient (Wildman–Crippen LogP) is 5.50. The van der Waals surface area contributed by atoms with Crippen molar-refractivity contribution < 1.29 is 4.74 Å². The normalized spacial score (nSPS) is 11.7. The molecule has 0 amide bonds. The average molecular weight is 314 g/mol. The second-order valence-corrected chi connectivity index (χ2v) is 5.72. The molecule has 0 aliphatic rings. The lowest BCUT2D eigenvalue weighted by atomic mass is 9.95. The molecule has 3 heteroatoms. The molecule has 0 heterocycles. The van der Waals surface area contributed by atoms with Crippen LogP contribution in [0.25, 0.3) is 0 Å². The molecule has 2 aromatic rings. The average Bonchev–Trinajstić information content (AvgIpc) is 2.53. The lowest BCUT2D eigenvalue weighted by Crippen LogP contribution is -2.01. The van der Waals surface area contributed by atoms with Crippen LogP contribution in [0.2, 0.25) is 5.02 Å². The van der Waals surface area contributed by atoms with Crippen molar-refractivity contribution in [3.63, 3.8) is 0 Å². The molecule has 2 nitrogen and oxygen atoms in total. The Morgan fingerprint density at radius 3 is 2.55 bits per heavy atom. The molecule has 2 rings (SSSR count). The summed E-state index contributed by atoms with van der Waals surface area (Å²) in [6.45, 7) is 2.71. The zero-order valence-corrected chi connectivity index (χ0v) is 13.5. The van der Waals surface area contributed by atoms with E-state index in [1.165, 1.54) is 0 Å². The standard InChI is InChI=1S/C19H20ClNO/c1-15-8-2-5-12-19(15)22-13-7-6-9-16(14-21)17-10-3-4-11-18(17)20/h2-5,8,10-12,16H,6-7,9,13H2,1H3. The van der Waals surface area contributed by atoms with Gasteiger partial charge in [-0.2, -0.15) is 5.26 Å². The Bertz CT molecular complexity index is 648. The van der Waals surface area contributed by atoms with Crippen molar-refractivity contribution in [2.75, 3.05) is 6.61 Å². The van der Waals surface area contributed by atoms with Crippen molar-refractivity contribution in [3.05, 3.63) is 64.7 Å². The summed E-state index contributed by atoms with van der Waals surface area (Å²) in [6.07, 6.45) is 2.67. The van der Waals surface area contributed by atoms with Gasteiger partial charge in [0, 0.05) is 5.02 Å². The molecule has 0 bridgehead atoms. The van der Waals surface area contributed by atoms with Crippen molar-refractivity contribution in [2.45, 2.75) is 32.1 Å². The van der Waals surface area contributed by atoms with Crippen LogP contribution in [0.3, 0.4) is 0 Å². The number of hydrogen-bond donors (Lipinski definition) is 0. The van der Waals surface area contributed by atoms with Crippen LogP contribution >= 0.6 is 11.6 Å². The van der Waals surface area contributed by atoms with Crippen LogP contribution in [0.15, 0.2) is 48.5 Å². The molecule has 22 heavy (non-hydrogen) atoms. The Morgan fingerprint density at radius 2 is 1.82 bits per heavy atom. The van der Waals surface area contributed by atoms with Crippen LogP contribution in [0.5, 0.6) is 5.75 Å². The number of aryl methyl sites for hydroxylation is 1. The van der Waals surface area contributed by atoms with Gasteiger partial charge in [0.2, 0.25) is 0 Å². The molecule has 2 aromatic carbocycles. The lowest BCUT2D eigenvalue weighted by molar-refractivity contribution is 0.302. The summed E-state index contributed by atoms with van der Waals surface area (Å²) in [6, 6.07) is 17.9. The van der Waals surface area contributed by atoms with Crippen molar-refractivity contribution in [3.8, 4) is 11.8 Å². The molecule has 0 saturated carbocycles. The number of halogens is 1. The molecule has 0 aromatic heterocycles. The molecule has 0 aliphatic carbocycles. The highest BCUT2D eigenvalue weighted by molar-refractivity contribution is 6.31. The molecule has 0 spiro atoms. The first-order chi connectivity index (χ1) is 10.7. The first kappa shape index (κ1) is 16.4. The van der Waals surface area contributed by atoms with Crippen LogP contribution in [-0.4, -0.2) is 6.61 Å². The number of rotatable bonds is 7. The van der Waals surface area contributed by atoms with Gasteiger partial charge >= 0.3 is 0 Å². The monoisotopic (exact) mass is 313 g/mol. The molecule has 1 atom stereocenters. The molecule has 0 radical (unpaired) electrons. The highest BCUT2D eigenvalue weighted by atomic mass is 35.5. The number of nitriles is 1. The lowest BCUT2D eigenvalue weighted by Gasteiger charge is -2.12.